The van der Waals surface area contributed by atoms with E-state index in [1.165, 1.54) is 12.8 Å². The van der Waals surface area contributed by atoms with Gasteiger partial charge in [0.25, 0.3) is 0 Å². The zero-order valence-corrected chi connectivity index (χ0v) is 9.90. The van der Waals surface area contributed by atoms with Crippen LogP contribution < -0.4 is 5.73 Å². The van der Waals surface area contributed by atoms with Crippen molar-refractivity contribution in [3.8, 4) is 0 Å². The van der Waals surface area contributed by atoms with Gasteiger partial charge in [-0.25, -0.2) is 9.78 Å². The largest absolute Gasteiger partial charge is 0.451 e. The number of ether oxygens (including phenoxy) is 1. The van der Waals surface area contributed by atoms with Gasteiger partial charge in [0.1, 0.15) is 5.60 Å². The van der Waals surface area contributed by atoms with Gasteiger partial charge in [0, 0.05) is 19.0 Å². The number of aromatic nitrogens is 2. The minimum atomic E-state index is -0.873. The molecule has 0 unspecified atom stereocenters. The van der Waals surface area contributed by atoms with Gasteiger partial charge in [-0.1, -0.05) is 0 Å². The monoisotopic (exact) mass is 238 g/mol. The summed E-state index contributed by atoms with van der Waals surface area (Å²) in [5.41, 5.74) is 5.61. The van der Waals surface area contributed by atoms with Gasteiger partial charge in [-0.05, 0) is 13.8 Å². The molecule has 0 spiro atoms. The van der Waals surface area contributed by atoms with Gasteiger partial charge in [-0.15, -0.1) is 0 Å². The summed E-state index contributed by atoms with van der Waals surface area (Å²) < 4.78 is 4.68. The molecular formula is C11H16N3O3. The number of ketones is 1. The second kappa shape index (κ2) is 5.58. The summed E-state index contributed by atoms with van der Waals surface area (Å²) in [5.74, 6) is -0.173. The number of H-pyrrole nitrogens is 1. The second-order valence-electron chi connectivity index (χ2n) is 4.46. The Bertz CT molecular complexity index is 373. The molecule has 1 aromatic heterocycles. The molecule has 0 saturated carbocycles. The van der Waals surface area contributed by atoms with Crippen molar-refractivity contribution in [1.82, 2.24) is 9.97 Å². The van der Waals surface area contributed by atoms with Gasteiger partial charge in [-0.3, -0.25) is 4.79 Å². The Morgan fingerprint density at radius 2 is 2.41 bits per heavy atom. The van der Waals surface area contributed by atoms with Crippen molar-refractivity contribution in [1.29, 1.82) is 0 Å². The summed E-state index contributed by atoms with van der Waals surface area (Å²) >= 11 is 0. The maximum atomic E-state index is 11.8. The van der Waals surface area contributed by atoms with Gasteiger partial charge in [0.15, 0.2) is 5.78 Å². The van der Waals surface area contributed by atoms with E-state index in [0.29, 0.717) is 6.42 Å². The summed E-state index contributed by atoms with van der Waals surface area (Å²) in [6.45, 7) is 4.61. The maximum absolute atomic E-state index is 11.8. The normalized spacial score (nSPS) is 13.1. The van der Waals surface area contributed by atoms with Gasteiger partial charge in [0.05, 0.1) is 18.1 Å². The van der Waals surface area contributed by atoms with Crippen LogP contribution >= 0.6 is 0 Å². The summed E-state index contributed by atoms with van der Waals surface area (Å²) in [6, 6.07) is -0.646. The lowest BCUT2D eigenvalue weighted by molar-refractivity contribution is -0.123. The molecular weight excluding hydrogens is 222 g/mol. The number of hydrogen-bond donors (Lipinski definition) is 2. The van der Waals surface area contributed by atoms with Crippen molar-refractivity contribution in [2.45, 2.75) is 38.3 Å². The molecule has 0 amide bonds. The lowest BCUT2D eigenvalue weighted by atomic mass is 9.96. The molecule has 0 aromatic carbocycles. The number of imidazole rings is 1. The highest BCUT2D eigenvalue weighted by Gasteiger charge is 2.27. The second-order valence-corrected chi connectivity index (χ2v) is 4.46. The Labute approximate surface area is 99.6 Å². The molecule has 0 bridgehead atoms. The van der Waals surface area contributed by atoms with Crippen molar-refractivity contribution < 1.29 is 14.3 Å². The first-order valence-corrected chi connectivity index (χ1v) is 5.26. The van der Waals surface area contributed by atoms with E-state index in [-0.39, 0.29) is 12.2 Å². The van der Waals surface area contributed by atoms with Crippen molar-refractivity contribution in [2.24, 2.45) is 5.73 Å². The topological polar surface area (TPSA) is 98.1 Å². The predicted octanol–water partition coefficient (Wildman–Crippen LogP) is 0.101. The molecule has 6 heteroatoms. The number of nitrogens with zero attached hydrogens (tertiary/aromatic N) is 1. The quantitative estimate of drug-likeness (QED) is 0.702. The Balaban J connectivity index is 2.49. The molecule has 1 rings (SSSR count). The molecule has 1 atom stereocenters. The number of aromatic amines is 1. The van der Waals surface area contributed by atoms with E-state index in [9.17, 15) is 9.59 Å². The van der Waals surface area contributed by atoms with E-state index in [0.717, 1.165) is 5.69 Å². The van der Waals surface area contributed by atoms with E-state index in [2.05, 4.69) is 14.7 Å². The summed E-state index contributed by atoms with van der Waals surface area (Å²) in [5, 5.41) is 0. The Morgan fingerprint density at radius 3 is 2.94 bits per heavy atom. The number of nitrogens with one attached hydrogen (secondary N) is 1. The Kier molecular flexibility index (Phi) is 4.39. The minimum absolute atomic E-state index is 0.0633. The van der Waals surface area contributed by atoms with Crippen molar-refractivity contribution in [3.05, 3.63) is 18.2 Å². The van der Waals surface area contributed by atoms with Gasteiger partial charge < -0.3 is 15.5 Å². The van der Waals surface area contributed by atoms with Crippen LogP contribution in [0.5, 0.6) is 0 Å². The molecule has 1 heterocycles. The zero-order valence-electron chi connectivity index (χ0n) is 9.90. The predicted molar refractivity (Wildman–Crippen MR) is 60.7 cm³/mol. The lowest BCUT2D eigenvalue weighted by Crippen LogP contribution is -2.38. The highest BCUT2D eigenvalue weighted by atomic mass is 16.5. The van der Waals surface area contributed by atoms with Crippen LogP contribution in [0, 0.1) is 0 Å². The van der Waals surface area contributed by atoms with E-state index in [1.807, 2.05) is 0 Å². The third-order valence-corrected chi connectivity index (χ3v) is 2.32. The zero-order chi connectivity index (χ0) is 12.9. The first kappa shape index (κ1) is 13.4. The van der Waals surface area contributed by atoms with E-state index in [1.54, 1.807) is 20.0 Å². The highest BCUT2D eigenvalue weighted by Crippen LogP contribution is 2.15. The SMILES string of the molecule is CC(C)(CC(=O)[C@@H](N)Cc1c[nH]cn1)O[C]=O. The third kappa shape index (κ3) is 4.36. The molecule has 0 fully saturated rings. The van der Waals surface area contributed by atoms with E-state index >= 15 is 0 Å². The minimum Gasteiger partial charge on any atom is -0.451 e. The molecule has 3 N–H and O–H groups in total. The number of carbonyl (C=O) groups excluding carboxylic acids is 2. The van der Waals surface area contributed by atoms with Gasteiger partial charge >= 0.3 is 6.47 Å². The highest BCUT2D eigenvalue weighted by molar-refractivity contribution is 5.85. The smallest absolute Gasteiger partial charge is 0.418 e. The lowest BCUT2D eigenvalue weighted by Gasteiger charge is -2.22. The average Bonchev–Trinajstić information content (AvgIpc) is 2.69. The fraction of sp³-hybridized carbons (Fsp3) is 0.545. The molecule has 17 heavy (non-hydrogen) atoms. The fourth-order valence-corrected chi connectivity index (χ4v) is 1.44. The average molecular weight is 238 g/mol. The maximum Gasteiger partial charge on any atom is 0.418 e. The van der Waals surface area contributed by atoms with Crippen molar-refractivity contribution in [3.63, 3.8) is 0 Å². The van der Waals surface area contributed by atoms with Crippen LogP contribution in [0.4, 0.5) is 0 Å². The van der Waals surface area contributed by atoms with E-state index in [4.69, 9.17) is 5.73 Å². The van der Waals surface area contributed by atoms with Crippen LogP contribution in [0.2, 0.25) is 0 Å². The van der Waals surface area contributed by atoms with E-state index < -0.39 is 11.6 Å². The first-order chi connectivity index (χ1) is 7.94. The van der Waals surface area contributed by atoms with Gasteiger partial charge in [-0.2, -0.15) is 0 Å². The molecule has 1 radical (unpaired) electrons. The Morgan fingerprint density at radius 1 is 1.71 bits per heavy atom. The number of Topliss-reactive ketones (excluding diaryl/α,β-unsaturated/α-hetero) is 1. The summed E-state index contributed by atoms with van der Waals surface area (Å²) in [4.78, 5) is 28.7. The number of nitrogens with two attached hydrogens (primary N) is 1. The molecule has 93 valence electrons. The third-order valence-electron chi connectivity index (χ3n) is 2.32. The molecule has 6 nitrogen and oxygen atoms in total. The van der Waals surface area contributed by atoms with Crippen LogP contribution in [0.3, 0.4) is 0 Å². The standard InChI is InChI=1S/C11H16N3O3/c1-11(2,17-7-15)4-10(16)9(12)3-8-5-13-6-14-8/h5-6,9H,3-4,12H2,1-2H3,(H,13,14)/t9-/m0/s1. The molecule has 1 aromatic rings. The van der Waals surface area contributed by atoms with Crippen molar-refractivity contribution in [2.75, 3.05) is 0 Å². The van der Waals surface area contributed by atoms with Crippen LogP contribution in [0.1, 0.15) is 26.0 Å². The molecule has 0 aliphatic carbocycles. The Hall–Kier alpha value is -1.69. The van der Waals surface area contributed by atoms with Crippen LogP contribution in [-0.4, -0.2) is 33.9 Å². The first-order valence-electron chi connectivity index (χ1n) is 5.26. The number of carbonyl (C=O) groups is 1. The molecule has 0 saturated heterocycles. The number of rotatable bonds is 7. The van der Waals surface area contributed by atoms with Crippen molar-refractivity contribution >= 4 is 12.3 Å². The van der Waals surface area contributed by atoms with Crippen LogP contribution in [0.15, 0.2) is 12.5 Å². The summed E-state index contributed by atoms with van der Waals surface area (Å²) in [6.07, 6.45) is 3.64. The fourth-order valence-electron chi connectivity index (χ4n) is 1.44. The molecule has 0 aliphatic heterocycles. The molecule has 0 aliphatic rings. The number of hydrogen-bond acceptors (Lipinski definition) is 5. The van der Waals surface area contributed by atoms with Crippen LogP contribution in [0.25, 0.3) is 0 Å². The summed E-state index contributed by atoms with van der Waals surface area (Å²) in [7, 11) is 0. The van der Waals surface area contributed by atoms with Crippen LogP contribution in [-0.2, 0) is 20.7 Å². The van der Waals surface area contributed by atoms with Gasteiger partial charge in [0.2, 0.25) is 0 Å².